The lowest BCUT2D eigenvalue weighted by atomic mass is 10.4. The van der Waals surface area contributed by atoms with Crippen LogP contribution in [0.3, 0.4) is 0 Å². The first-order valence-corrected chi connectivity index (χ1v) is 9.21. The molecule has 0 aliphatic rings. The maximum absolute atomic E-state index is 4.59. The fraction of sp³-hybridized carbons (Fsp3) is 0.533. The van der Waals surface area contributed by atoms with Crippen LogP contribution in [0.5, 0.6) is 0 Å². The summed E-state index contributed by atoms with van der Waals surface area (Å²) in [6, 6.07) is 0. The van der Waals surface area contributed by atoms with Crippen molar-refractivity contribution in [2.24, 2.45) is 4.99 Å². The molecule has 0 bridgehead atoms. The second kappa shape index (κ2) is 10.9. The molecule has 0 atom stereocenters. The van der Waals surface area contributed by atoms with E-state index in [-0.39, 0.29) is 24.0 Å². The van der Waals surface area contributed by atoms with Crippen molar-refractivity contribution >= 4 is 52.6 Å². The summed E-state index contributed by atoms with van der Waals surface area (Å²) < 4.78 is 0. The second-order valence-electron chi connectivity index (χ2n) is 4.81. The number of nitrogens with one attached hydrogen (secondary N) is 2. The van der Waals surface area contributed by atoms with Crippen LogP contribution in [0.15, 0.2) is 17.4 Å². The normalized spacial score (nSPS) is 11.2. The van der Waals surface area contributed by atoms with Gasteiger partial charge in [0, 0.05) is 41.7 Å². The minimum Gasteiger partial charge on any atom is -0.357 e. The van der Waals surface area contributed by atoms with E-state index in [0.29, 0.717) is 6.54 Å². The number of aryl methyl sites for hydroxylation is 2. The van der Waals surface area contributed by atoms with Gasteiger partial charge in [-0.05, 0) is 20.3 Å². The molecule has 0 amide bonds. The number of halogens is 1. The molecule has 2 aromatic rings. The molecule has 23 heavy (non-hydrogen) atoms. The molecular weight excluding hydrogens is 441 g/mol. The third-order valence-electron chi connectivity index (χ3n) is 2.97. The molecule has 0 aromatic carbocycles. The highest BCUT2D eigenvalue weighted by Gasteiger charge is 2.03. The first kappa shape index (κ1) is 20.3. The Labute approximate surface area is 163 Å². The number of hydrogen-bond donors (Lipinski definition) is 2. The Morgan fingerprint density at radius 1 is 1.13 bits per heavy atom. The van der Waals surface area contributed by atoms with Crippen LogP contribution in [-0.2, 0) is 19.4 Å². The lowest BCUT2D eigenvalue weighted by molar-refractivity contribution is 0.796. The number of guanidine groups is 1. The van der Waals surface area contributed by atoms with Crippen LogP contribution < -0.4 is 10.6 Å². The lowest BCUT2D eigenvalue weighted by Crippen LogP contribution is -2.38. The molecule has 2 aromatic heterocycles. The summed E-state index contributed by atoms with van der Waals surface area (Å²) in [6.07, 6.45) is 5.82. The molecule has 2 rings (SSSR count). The maximum Gasteiger partial charge on any atom is 0.191 e. The number of nitrogens with zero attached hydrogens (tertiary/aromatic N) is 3. The summed E-state index contributed by atoms with van der Waals surface area (Å²) in [4.78, 5) is 15.9. The molecule has 2 heterocycles. The largest absolute Gasteiger partial charge is 0.357 e. The Hall–Kier alpha value is -0.740. The number of rotatable bonds is 7. The van der Waals surface area contributed by atoms with Gasteiger partial charge in [0.05, 0.1) is 11.6 Å². The van der Waals surface area contributed by atoms with Crippen LogP contribution in [0.1, 0.15) is 33.6 Å². The molecule has 0 saturated heterocycles. The summed E-state index contributed by atoms with van der Waals surface area (Å²) in [6.45, 7) is 8.60. The molecule has 0 unspecified atom stereocenters. The van der Waals surface area contributed by atoms with E-state index in [9.17, 15) is 0 Å². The predicted molar refractivity (Wildman–Crippen MR) is 110 cm³/mol. The first-order valence-electron chi connectivity index (χ1n) is 7.58. The molecule has 2 N–H and O–H groups in total. The van der Waals surface area contributed by atoms with E-state index in [1.54, 1.807) is 22.7 Å². The third kappa shape index (κ3) is 7.13. The van der Waals surface area contributed by atoms with Crippen molar-refractivity contribution in [3.8, 4) is 0 Å². The van der Waals surface area contributed by atoms with Crippen molar-refractivity contribution in [3.05, 3.63) is 32.2 Å². The zero-order chi connectivity index (χ0) is 15.8. The Bertz CT molecular complexity index is 609. The fourth-order valence-corrected chi connectivity index (χ4v) is 3.45. The number of aromatic nitrogens is 2. The molecule has 0 aliphatic carbocycles. The highest BCUT2D eigenvalue weighted by molar-refractivity contribution is 14.0. The number of hydrogen-bond acceptors (Lipinski definition) is 5. The molecule has 5 nitrogen and oxygen atoms in total. The summed E-state index contributed by atoms with van der Waals surface area (Å²) in [7, 11) is 0. The van der Waals surface area contributed by atoms with Crippen LogP contribution in [-0.4, -0.2) is 29.0 Å². The van der Waals surface area contributed by atoms with E-state index < -0.39 is 0 Å². The quantitative estimate of drug-likeness (QED) is 0.374. The third-order valence-corrected chi connectivity index (χ3v) is 5.07. The van der Waals surface area contributed by atoms with E-state index in [4.69, 9.17) is 0 Å². The average Bonchev–Trinajstić information content (AvgIpc) is 3.13. The molecular formula is C15H24IN5S2. The minimum absolute atomic E-state index is 0. The van der Waals surface area contributed by atoms with Crippen LogP contribution in [0.4, 0.5) is 0 Å². The Morgan fingerprint density at radius 2 is 1.91 bits per heavy atom. The highest BCUT2D eigenvalue weighted by atomic mass is 127. The molecule has 0 aliphatic heterocycles. The smallest absolute Gasteiger partial charge is 0.191 e. The summed E-state index contributed by atoms with van der Waals surface area (Å²) in [5.41, 5.74) is 0. The van der Waals surface area contributed by atoms with Crippen molar-refractivity contribution < 1.29 is 0 Å². The summed E-state index contributed by atoms with van der Waals surface area (Å²) in [5.74, 6) is 0.837. The summed E-state index contributed by atoms with van der Waals surface area (Å²) >= 11 is 3.48. The Morgan fingerprint density at radius 3 is 2.52 bits per heavy atom. The molecule has 0 spiro atoms. The molecule has 0 fully saturated rings. The van der Waals surface area contributed by atoms with Crippen LogP contribution >= 0.6 is 46.7 Å². The van der Waals surface area contributed by atoms with E-state index in [1.165, 1.54) is 9.75 Å². The van der Waals surface area contributed by atoms with Crippen LogP contribution in [0.2, 0.25) is 0 Å². The maximum atomic E-state index is 4.59. The molecule has 128 valence electrons. The van der Waals surface area contributed by atoms with Crippen molar-refractivity contribution in [1.29, 1.82) is 0 Å². The van der Waals surface area contributed by atoms with Gasteiger partial charge in [0.1, 0.15) is 5.01 Å². The van der Waals surface area contributed by atoms with Gasteiger partial charge in [-0.25, -0.2) is 15.0 Å². The van der Waals surface area contributed by atoms with Gasteiger partial charge >= 0.3 is 0 Å². The van der Waals surface area contributed by atoms with E-state index in [1.807, 2.05) is 12.4 Å². The van der Waals surface area contributed by atoms with Crippen molar-refractivity contribution in [2.45, 2.75) is 40.2 Å². The average molecular weight is 465 g/mol. The Kier molecular flexibility index (Phi) is 9.65. The van der Waals surface area contributed by atoms with Crippen molar-refractivity contribution in [2.75, 3.05) is 13.1 Å². The molecule has 0 radical (unpaired) electrons. The van der Waals surface area contributed by atoms with E-state index in [0.717, 1.165) is 41.9 Å². The van der Waals surface area contributed by atoms with E-state index >= 15 is 0 Å². The highest BCUT2D eigenvalue weighted by Crippen LogP contribution is 2.14. The topological polar surface area (TPSA) is 62.2 Å². The number of aliphatic imine (C=N–C) groups is 1. The molecule has 8 heteroatoms. The van der Waals surface area contributed by atoms with Gasteiger partial charge in [-0.1, -0.05) is 6.92 Å². The van der Waals surface area contributed by atoms with Gasteiger partial charge in [0.15, 0.2) is 5.96 Å². The standard InChI is InChI=1S/C15H23N5S2.HI/c1-4-12-9-19-14(22-12)10-20-15(16-5-2)17-7-6-13-18-8-11(3)21-13;/h8-9H,4-7,10H2,1-3H3,(H2,16,17,20);1H. The van der Waals surface area contributed by atoms with Crippen LogP contribution in [0, 0.1) is 6.92 Å². The molecule has 0 saturated carbocycles. The fourth-order valence-electron chi connectivity index (χ4n) is 1.88. The van der Waals surface area contributed by atoms with Gasteiger partial charge in [0.25, 0.3) is 0 Å². The Balaban J connectivity index is 0.00000264. The van der Waals surface area contributed by atoms with E-state index in [2.05, 4.69) is 46.4 Å². The van der Waals surface area contributed by atoms with Crippen molar-refractivity contribution in [3.63, 3.8) is 0 Å². The lowest BCUT2D eigenvalue weighted by Gasteiger charge is -2.10. The minimum atomic E-state index is 0. The SMILES string of the molecule is CCNC(=NCc1ncc(CC)s1)NCCc1ncc(C)s1.I. The van der Waals surface area contributed by atoms with Gasteiger partial charge in [-0.15, -0.1) is 46.7 Å². The monoisotopic (exact) mass is 465 g/mol. The van der Waals surface area contributed by atoms with Gasteiger partial charge < -0.3 is 10.6 Å². The number of thiazole rings is 2. The van der Waals surface area contributed by atoms with Gasteiger partial charge in [0.2, 0.25) is 0 Å². The van der Waals surface area contributed by atoms with Crippen LogP contribution in [0.25, 0.3) is 0 Å². The summed E-state index contributed by atoms with van der Waals surface area (Å²) in [5, 5.41) is 8.84. The zero-order valence-corrected chi connectivity index (χ0v) is 17.7. The van der Waals surface area contributed by atoms with Crippen molar-refractivity contribution in [1.82, 2.24) is 20.6 Å². The predicted octanol–water partition coefficient (Wildman–Crippen LogP) is 3.39. The van der Waals surface area contributed by atoms with Gasteiger partial charge in [-0.3, -0.25) is 0 Å². The van der Waals surface area contributed by atoms with Gasteiger partial charge in [-0.2, -0.15) is 0 Å². The zero-order valence-electron chi connectivity index (χ0n) is 13.8. The first-order chi connectivity index (χ1) is 10.7. The second-order valence-corrected chi connectivity index (χ2v) is 7.33.